The monoisotopic (exact) mass is 413 g/mol. The van der Waals surface area contributed by atoms with Gasteiger partial charge in [-0.05, 0) is 87.3 Å². The Morgan fingerprint density at radius 3 is 2.60 bits per heavy atom. The Bertz CT molecular complexity index is 875. The number of aliphatic hydroxyl groups is 1. The zero-order valence-electron chi connectivity index (χ0n) is 17.5. The van der Waals surface area contributed by atoms with Crippen molar-refractivity contribution in [1.29, 1.82) is 0 Å². The van der Waals surface area contributed by atoms with E-state index in [1.54, 1.807) is 12.1 Å². The molecule has 3 unspecified atom stereocenters. The summed E-state index contributed by atoms with van der Waals surface area (Å²) in [5.41, 5.74) is 6.29. The highest BCUT2D eigenvalue weighted by Crippen LogP contribution is 2.59. The van der Waals surface area contributed by atoms with Gasteiger partial charge < -0.3 is 20.6 Å². The Balaban J connectivity index is 1.26. The lowest BCUT2D eigenvalue weighted by atomic mass is 9.51. The second kappa shape index (κ2) is 6.35. The zero-order chi connectivity index (χ0) is 20.7. The van der Waals surface area contributed by atoms with Crippen molar-refractivity contribution in [2.45, 2.75) is 63.0 Å². The van der Waals surface area contributed by atoms with Crippen molar-refractivity contribution >= 4 is 17.3 Å². The van der Waals surface area contributed by atoms with Crippen LogP contribution in [0.1, 0.15) is 51.4 Å². The van der Waals surface area contributed by atoms with Crippen molar-refractivity contribution < 1.29 is 14.3 Å². The number of hydrogen-bond donors (Lipinski definition) is 2. The molecule has 6 heteroatoms. The van der Waals surface area contributed by atoms with Crippen molar-refractivity contribution in [3.05, 3.63) is 24.0 Å². The van der Waals surface area contributed by atoms with Gasteiger partial charge in [-0.3, -0.25) is 4.79 Å². The van der Waals surface area contributed by atoms with Gasteiger partial charge in [-0.15, -0.1) is 0 Å². The topological polar surface area (TPSA) is 69.8 Å². The number of hydrogen-bond acceptors (Lipinski definition) is 4. The molecule has 2 saturated heterocycles. The molecule has 1 aromatic rings. The molecule has 1 amide bonds. The molecule has 6 fully saturated rings. The molecule has 1 aromatic carbocycles. The minimum absolute atomic E-state index is 0.0367. The largest absolute Gasteiger partial charge is 0.399 e. The number of amides is 1. The Hall–Kier alpha value is -1.82. The summed E-state index contributed by atoms with van der Waals surface area (Å²) in [5.74, 6) is 1.39. The molecular formula is C24H32FN3O2. The van der Waals surface area contributed by atoms with Gasteiger partial charge in [0.1, 0.15) is 5.82 Å². The van der Waals surface area contributed by atoms with E-state index < -0.39 is 5.41 Å². The number of carbonyl (C=O) groups is 1. The molecule has 5 nitrogen and oxygen atoms in total. The number of carbonyl (C=O) groups excluding carboxylic acids is 1. The van der Waals surface area contributed by atoms with Gasteiger partial charge >= 0.3 is 0 Å². The Labute approximate surface area is 177 Å². The van der Waals surface area contributed by atoms with E-state index in [1.807, 2.05) is 0 Å². The van der Waals surface area contributed by atoms with Gasteiger partial charge in [0.25, 0.3) is 0 Å². The van der Waals surface area contributed by atoms with Gasteiger partial charge in [0, 0.05) is 30.9 Å². The second-order valence-electron chi connectivity index (χ2n) is 10.9. The predicted molar refractivity (Wildman–Crippen MR) is 113 cm³/mol. The van der Waals surface area contributed by atoms with E-state index in [-0.39, 0.29) is 17.5 Å². The average Bonchev–Trinajstić information content (AvgIpc) is 3.01. The van der Waals surface area contributed by atoms with Gasteiger partial charge in [-0.2, -0.15) is 0 Å². The van der Waals surface area contributed by atoms with E-state index in [0.717, 1.165) is 64.5 Å². The first-order valence-corrected chi connectivity index (χ1v) is 11.7. The summed E-state index contributed by atoms with van der Waals surface area (Å²) in [6.45, 7) is 2.19. The first-order valence-electron chi connectivity index (χ1n) is 11.7. The van der Waals surface area contributed by atoms with Crippen LogP contribution in [0.15, 0.2) is 18.2 Å². The van der Waals surface area contributed by atoms with E-state index in [1.165, 1.54) is 6.07 Å². The fourth-order valence-electron chi connectivity index (χ4n) is 8.05. The van der Waals surface area contributed by atoms with Crippen LogP contribution < -0.4 is 10.6 Å². The summed E-state index contributed by atoms with van der Waals surface area (Å²) in [4.78, 5) is 18.2. The molecule has 3 atom stereocenters. The highest BCUT2D eigenvalue weighted by Gasteiger charge is 2.62. The van der Waals surface area contributed by atoms with Gasteiger partial charge in [0.2, 0.25) is 5.91 Å². The minimum atomic E-state index is -0.395. The summed E-state index contributed by atoms with van der Waals surface area (Å²) in [6.07, 6.45) is 7.83. The van der Waals surface area contributed by atoms with Crippen LogP contribution in [-0.4, -0.2) is 47.2 Å². The van der Waals surface area contributed by atoms with Crippen LogP contribution in [0.25, 0.3) is 0 Å². The lowest BCUT2D eigenvalue weighted by Gasteiger charge is -2.61. The molecule has 1 spiro atoms. The van der Waals surface area contributed by atoms with Gasteiger partial charge in [-0.25, -0.2) is 4.39 Å². The summed E-state index contributed by atoms with van der Waals surface area (Å²) >= 11 is 0. The van der Waals surface area contributed by atoms with Crippen LogP contribution in [-0.2, 0) is 4.79 Å². The molecule has 4 aliphatic carbocycles. The third-order valence-electron chi connectivity index (χ3n) is 9.17. The number of piperidine rings is 1. The maximum atomic E-state index is 14.6. The molecule has 4 bridgehead atoms. The maximum absolute atomic E-state index is 14.6. The lowest BCUT2D eigenvalue weighted by Crippen LogP contribution is -2.65. The summed E-state index contributed by atoms with van der Waals surface area (Å²) in [6, 6.07) is 4.87. The molecule has 0 aromatic heterocycles. The van der Waals surface area contributed by atoms with Gasteiger partial charge in [0.15, 0.2) is 0 Å². The highest BCUT2D eigenvalue weighted by atomic mass is 19.1. The number of anilines is 2. The van der Waals surface area contributed by atoms with Crippen molar-refractivity contribution in [1.82, 2.24) is 4.90 Å². The van der Waals surface area contributed by atoms with Crippen LogP contribution in [0.4, 0.5) is 15.8 Å². The lowest BCUT2D eigenvalue weighted by molar-refractivity contribution is -0.167. The predicted octanol–water partition coefficient (Wildman–Crippen LogP) is 3.17. The Morgan fingerprint density at radius 1 is 1.10 bits per heavy atom. The number of nitrogens with zero attached hydrogens (tertiary/aromatic N) is 2. The van der Waals surface area contributed by atoms with Crippen LogP contribution >= 0.6 is 0 Å². The number of aliphatic hydroxyl groups excluding tert-OH is 1. The van der Waals surface area contributed by atoms with E-state index in [4.69, 9.17) is 5.73 Å². The van der Waals surface area contributed by atoms with Crippen molar-refractivity contribution in [3.8, 4) is 0 Å². The van der Waals surface area contributed by atoms with Crippen molar-refractivity contribution in [2.24, 2.45) is 23.2 Å². The molecule has 2 heterocycles. The van der Waals surface area contributed by atoms with Crippen molar-refractivity contribution in [2.75, 3.05) is 30.3 Å². The van der Waals surface area contributed by atoms with Crippen LogP contribution in [0.3, 0.4) is 0 Å². The van der Waals surface area contributed by atoms with Gasteiger partial charge in [0.05, 0.1) is 17.2 Å². The number of halogens is 1. The standard InChI is InChI=1S/C24H32FN3O2/c25-19-10-18(26)2-3-20(19)27-6-1-4-23(14-27)5-7-28(22(23)30)24-11-15-8-16(12-24)21(29)17(9-15)13-24/h2-3,10,15-17,21,29H,1,4-9,11-14,26H2. The Morgan fingerprint density at radius 2 is 1.87 bits per heavy atom. The molecular weight excluding hydrogens is 381 g/mol. The molecule has 162 valence electrons. The maximum Gasteiger partial charge on any atom is 0.231 e. The van der Waals surface area contributed by atoms with Gasteiger partial charge in [-0.1, -0.05) is 0 Å². The molecule has 6 aliphatic rings. The quantitative estimate of drug-likeness (QED) is 0.731. The van der Waals surface area contributed by atoms with E-state index in [2.05, 4.69) is 9.80 Å². The van der Waals surface area contributed by atoms with E-state index in [0.29, 0.717) is 41.6 Å². The van der Waals surface area contributed by atoms with Crippen LogP contribution in [0.5, 0.6) is 0 Å². The smallest absolute Gasteiger partial charge is 0.231 e. The summed E-state index contributed by atoms with van der Waals surface area (Å²) in [5, 5.41) is 10.6. The molecule has 30 heavy (non-hydrogen) atoms. The van der Waals surface area contributed by atoms with E-state index >= 15 is 0 Å². The molecule has 0 radical (unpaired) electrons. The number of likely N-dealkylation sites (tertiary alicyclic amines) is 1. The third-order valence-corrected chi connectivity index (χ3v) is 9.17. The molecule has 4 saturated carbocycles. The molecule has 3 N–H and O–H groups in total. The Kier molecular flexibility index (Phi) is 4.00. The SMILES string of the molecule is Nc1ccc(N2CCCC3(CCN(C45CC6CC(C4)C(O)C(C6)C5)C3=O)C2)c(F)c1. The fraction of sp³-hybridized carbons (Fsp3) is 0.708. The number of nitrogens with two attached hydrogens (primary N) is 1. The van der Waals surface area contributed by atoms with Crippen molar-refractivity contribution in [3.63, 3.8) is 0 Å². The van der Waals surface area contributed by atoms with Crippen LogP contribution in [0.2, 0.25) is 0 Å². The third kappa shape index (κ3) is 2.58. The normalized spacial score (nSPS) is 42.5. The highest BCUT2D eigenvalue weighted by molar-refractivity contribution is 5.87. The summed E-state index contributed by atoms with van der Waals surface area (Å²) < 4.78 is 14.6. The average molecular weight is 414 g/mol. The van der Waals surface area contributed by atoms with Crippen LogP contribution in [0, 0.1) is 29.0 Å². The molecule has 7 rings (SSSR count). The number of nitrogen functional groups attached to an aromatic ring is 1. The number of rotatable bonds is 2. The van der Waals surface area contributed by atoms with E-state index in [9.17, 15) is 14.3 Å². The first kappa shape index (κ1) is 18.9. The zero-order valence-corrected chi connectivity index (χ0v) is 17.5. The second-order valence-corrected chi connectivity index (χ2v) is 10.9. The minimum Gasteiger partial charge on any atom is -0.399 e. The summed E-state index contributed by atoms with van der Waals surface area (Å²) in [7, 11) is 0. The number of benzene rings is 1. The first-order chi connectivity index (χ1) is 14.4. The fourth-order valence-corrected chi connectivity index (χ4v) is 8.05. The molecule has 2 aliphatic heterocycles.